The van der Waals surface area contributed by atoms with Crippen LogP contribution < -0.4 is 9.47 Å². The lowest BCUT2D eigenvalue weighted by atomic mass is 10.1. The highest BCUT2D eigenvalue weighted by molar-refractivity contribution is 5.97. The molecule has 0 atom stereocenters. The molecule has 0 aromatic heterocycles. The van der Waals surface area contributed by atoms with Gasteiger partial charge in [-0.25, -0.2) is 4.79 Å². The van der Waals surface area contributed by atoms with Crippen molar-refractivity contribution in [2.75, 3.05) is 7.11 Å². The number of carboxylic acid groups (broad SMARTS) is 1. The minimum atomic E-state index is -0.977. The third kappa shape index (κ3) is 3.63. The van der Waals surface area contributed by atoms with Crippen molar-refractivity contribution in [1.82, 2.24) is 0 Å². The van der Waals surface area contributed by atoms with Crippen LogP contribution in [-0.2, 0) is 6.61 Å². The van der Waals surface area contributed by atoms with Crippen molar-refractivity contribution < 1.29 is 24.2 Å². The Kier molecular flexibility index (Phi) is 4.78. The second-order valence-electron chi connectivity index (χ2n) is 4.71. The molecule has 0 heterocycles. The van der Waals surface area contributed by atoms with Crippen molar-refractivity contribution in [2.24, 2.45) is 0 Å². The summed E-state index contributed by atoms with van der Waals surface area (Å²) in [7, 11) is 1.49. The highest BCUT2D eigenvalue weighted by Crippen LogP contribution is 2.25. The Bertz CT molecular complexity index is 706. The van der Waals surface area contributed by atoms with Crippen LogP contribution in [0.25, 0.3) is 0 Å². The molecule has 0 fully saturated rings. The van der Waals surface area contributed by atoms with E-state index in [4.69, 9.17) is 14.6 Å². The molecule has 22 heavy (non-hydrogen) atoms. The molecular formula is C17H16O5. The molecule has 114 valence electrons. The van der Waals surface area contributed by atoms with Gasteiger partial charge in [-0.05, 0) is 36.8 Å². The van der Waals surface area contributed by atoms with Gasteiger partial charge in [0.25, 0.3) is 0 Å². The van der Waals surface area contributed by atoms with Crippen LogP contribution in [0.2, 0.25) is 0 Å². The lowest BCUT2D eigenvalue weighted by Gasteiger charge is -2.10. The summed E-state index contributed by atoms with van der Waals surface area (Å²) in [5.74, 6) is -0.0706. The Morgan fingerprint density at radius 3 is 2.55 bits per heavy atom. The van der Waals surface area contributed by atoms with Crippen LogP contribution in [-0.4, -0.2) is 24.0 Å². The minimum absolute atomic E-state index is 0.0856. The van der Waals surface area contributed by atoms with E-state index in [0.29, 0.717) is 17.1 Å². The number of benzene rings is 2. The van der Waals surface area contributed by atoms with Gasteiger partial charge in [-0.1, -0.05) is 12.1 Å². The van der Waals surface area contributed by atoms with Crippen molar-refractivity contribution in [3.05, 3.63) is 59.2 Å². The van der Waals surface area contributed by atoms with Gasteiger partial charge >= 0.3 is 5.97 Å². The second kappa shape index (κ2) is 6.76. The largest absolute Gasteiger partial charge is 0.496 e. The number of methoxy groups -OCH3 is 1. The van der Waals surface area contributed by atoms with Crippen LogP contribution in [0.1, 0.15) is 33.2 Å². The number of carbonyl (C=O) groups is 2. The molecule has 0 spiro atoms. The van der Waals surface area contributed by atoms with Crippen LogP contribution in [0.4, 0.5) is 0 Å². The van der Waals surface area contributed by atoms with Crippen LogP contribution >= 0.6 is 0 Å². The molecule has 0 unspecified atom stereocenters. The first-order valence-corrected chi connectivity index (χ1v) is 6.65. The van der Waals surface area contributed by atoms with Gasteiger partial charge < -0.3 is 14.6 Å². The maximum atomic E-state index is 11.4. The van der Waals surface area contributed by atoms with E-state index in [1.807, 2.05) is 0 Å². The summed E-state index contributed by atoms with van der Waals surface area (Å²) in [5, 5.41) is 8.96. The Morgan fingerprint density at radius 2 is 1.91 bits per heavy atom. The molecule has 0 aliphatic rings. The lowest BCUT2D eigenvalue weighted by molar-refractivity contribution is 0.0696. The van der Waals surface area contributed by atoms with E-state index >= 15 is 0 Å². The number of ether oxygens (including phenoxy) is 2. The number of hydrogen-bond donors (Lipinski definition) is 1. The summed E-state index contributed by atoms with van der Waals surface area (Å²) in [5.41, 5.74) is 1.45. The number of ketones is 1. The van der Waals surface area contributed by atoms with E-state index in [0.717, 1.165) is 5.56 Å². The molecule has 0 aliphatic carbocycles. The number of aromatic carboxylic acids is 1. The van der Waals surface area contributed by atoms with Gasteiger partial charge in [0.05, 0.1) is 18.2 Å². The molecule has 0 amide bonds. The third-order valence-electron chi connectivity index (χ3n) is 3.13. The first kappa shape index (κ1) is 15.6. The number of rotatable bonds is 6. The number of carbonyl (C=O) groups excluding carboxylic acids is 1. The fraction of sp³-hybridized carbons (Fsp3) is 0.176. The zero-order valence-corrected chi connectivity index (χ0v) is 12.3. The second-order valence-corrected chi connectivity index (χ2v) is 4.71. The highest BCUT2D eigenvalue weighted by atomic mass is 16.5. The van der Waals surface area contributed by atoms with Gasteiger partial charge in [0.15, 0.2) is 5.78 Å². The van der Waals surface area contributed by atoms with Crippen molar-refractivity contribution in [3.63, 3.8) is 0 Å². The van der Waals surface area contributed by atoms with Crippen molar-refractivity contribution in [1.29, 1.82) is 0 Å². The van der Waals surface area contributed by atoms with Gasteiger partial charge in [0, 0.05) is 6.07 Å². The van der Waals surface area contributed by atoms with Gasteiger partial charge in [0.2, 0.25) is 0 Å². The number of Topliss-reactive ketones (excluding diaryl/α,β-unsaturated/α-hetero) is 1. The Morgan fingerprint density at radius 1 is 1.14 bits per heavy atom. The average molecular weight is 300 g/mol. The van der Waals surface area contributed by atoms with Gasteiger partial charge in [-0.2, -0.15) is 0 Å². The van der Waals surface area contributed by atoms with Crippen LogP contribution in [0, 0.1) is 0 Å². The molecular weight excluding hydrogens is 284 g/mol. The molecule has 2 aromatic carbocycles. The molecule has 0 aliphatic heterocycles. The fourth-order valence-electron chi connectivity index (χ4n) is 2.01. The van der Waals surface area contributed by atoms with Crippen LogP contribution in [0.3, 0.4) is 0 Å². The summed E-state index contributed by atoms with van der Waals surface area (Å²) in [6, 6.07) is 11.5. The van der Waals surface area contributed by atoms with E-state index in [9.17, 15) is 9.59 Å². The predicted octanol–water partition coefficient (Wildman–Crippen LogP) is 3.18. The van der Waals surface area contributed by atoms with Crippen LogP contribution in [0.15, 0.2) is 42.5 Å². The van der Waals surface area contributed by atoms with E-state index in [-0.39, 0.29) is 18.0 Å². The zero-order valence-electron chi connectivity index (χ0n) is 12.3. The smallest absolute Gasteiger partial charge is 0.335 e. The molecule has 0 saturated carbocycles. The van der Waals surface area contributed by atoms with E-state index in [2.05, 4.69) is 0 Å². The summed E-state index contributed by atoms with van der Waals surface area (Å²) in [6.45, 7) is 1.69. The average Bonchev–Trinajstić information content (AvgIpc) is 2.52. The fourth-order valence-corrected chi connectivity index (χ4v) is 2.01. The predicted molar refractivity (Wildman–Crippen MR) is 80.7 cm³/mol. The zero-order chi connectivity index (χ0) is 16.1. The molecule has 1 N–H and O–H groups in total. The number of carboxylic acids is 1. The molecule has 2 rings (SSSR count). The maximum absolute atomic E-state index is 11.4. The number of hydrogen-bond acceptors (Lipinski definition) is 4. The molecule has 0 bridgehead atoms. The summed E-state index contributed by atoms with van der Waals surface area (Å²) in [4.78, 5) is 22.4. The molecule has 0 radical (unpaired) electrons. The molecule has 5 nitrogen and oxygen atoms in total. The summed E-state index contributed by atoms with van der Waals surface area (Å²) in [6.07, 6.45) is 0. The van der Waals surface area contributed by atoms with Gasteiger partial charge in [0.1, 0.15) is 18.1 Å². The lowest BCUT2D eigenvalue weighted by Crippen LogP contribution is -2.01. The maximum Gasteiger partial charge on any atom is 0.335 e. The first-order chi connectivity index (χ1) is 10.5. The standard InChI is InChI=1S/C17H16O5/c1-11(18)15-7-6-14(9-16(15)21-2)22-10-12-4-3-5-13(8-12)17(19)20/h3-9H,10H2,1-2H3,(H,19,20). The molecule has 5 heteroatoms. The summed E-state index contributed by atoms with van der Waals surface area (Å²) < 4.78 is 10.8. The van der Waals surface area contributed by atoms with E-state index < -0.39 is 5.97 Å². The van der Waals surface area contributed by atoms with Crippen LogP contribution in [0.5, 0.6) is 11.5 Å². The monoisotopic (exact) mass is 300 g/mol. The van der Waals surface area contributed by atoms with Gasteiger partial charge in [-0.3, -0.25) is 4.79 Å². The molecule has 0 saturated heterocycles. The first-order valence-electron chi connectivity index (χ1n) is 6.65. The Hall–Kier alpha value is -2.82. The summed E-state index contributed by atoms with van der Waals surface area (Å²) >= 11 is 0. The topological polar surface area (TPSA) is 72.8 Å². The van der Waals surface area contributed by atoms with Crippen molar-refractivity contribution >= 4 is 11.8 Å². The Balaban J connectivity index is 2.13. The Labute approximate surface area is 128 Å². The third-order valence-corrected chi connectivity index (χ3v) is 3.13. The highest BCUT2D eigenvalue weighted by Gasteiger charge is 2.09. The van der Waals surface area contributed by atoms with E-state index in [1.54, 1.807) is 36.4 Å². The normalized spacial score (nSPS) is 10.1. The van der Waals surface area contributed by atoms with Crippen molar-refractivity contribution in [2.45, 2.75) is 13.5 Å². The van der Waals surface area contributed by atoms with Crippen molar-refractivity contribution in [3.8, 4) is 11.5 Å². The van der Waals surface area contributed by atoms with E-state index in [1.165, 1.54) is 20.1 Å². The SMILES string of the molecule is COc1cc(OCc2cccc(C(=O)O)c2)ccc1C(C)=O. The molecule has 2 aromatic rings. The quantitative estimate of drug-likeness (QED) is 0.829. The minimum Gasteiger partial charge on any atom is -0.496 e. The van der Waals surface area contributed by atoms with Gasteiger partial charge in [-0.15, -0.1) is 0 Å².